The first-order valence-corrected chi connectivity index (χ1v) is 7.59. The van der Waals surface area contributed by atoms with Gasteiger partial charge in [-0.2, -0.15) is 0 Å². The fraction of sp³-hybridized carbons (Fsp3) is 0.312. The number of hydrogen-bond acceptors (Lipinski definition) is 4. The SMILES string of the molecule is Cc1nc(Nc2cc(Cl)ccc2C)cc(C(=O)NC2CC2)n1. The standard InChI is InChI=1S/C16H17ClN4O/c1-9-3-4-11(17)7-13(9)21-15-8-14(18-10(2)19-15)16(22)20-12-5-6-12/h3-4,7-8,12H,5-6H2,1-2H3,(H,20,22)(H,18,19,21). The van der Waals surface area contributed by atoms with E-state index in [-0.39, 0.29) is 5.91 Å². The van der Waals surface area contributed by atoms with Gasteiger partial charge in [0, 0.05) is 22.8 Å². The first kappa shape index (κ1) is 14.8. The molecular weight excluding hydrogens is 300 g/mol. The van der Waals surface area contributed by atoms with Crippen molar-refractivity contribution in [3.05, 3.63) is 46.4 Å². The number of aryl methyl sites for hydroxylation is 2. The molecule has 1 amide bonds. The molecule has 0 radical (unpaired) electrons. The lowest BCUT2D eigenvalue weighted by atomic mass is 10.2. The maximum Gasteiger partial charge on any atom is 0.270 e. The molecule has 0 bridgehead atoms. The van der Waals surface area contributed by atoms with E-state index in [9.17, 15) is 4.79 Å². The van der Waals surface area contributed by atoms with Crippen molar-refractivity contribution in [2.24, 2.45) is 0 Å². The number of rotatable bonds is 4. The number of carbonyl (C=O) groups excluding carboxylic acids is 1. The van der Waals surface area contributed by atoms with E-state index < -0.39 is 0 Å². The van der Waals surface area contributed by atoms with Crippen LogP contribution in [0.2, 0.25) is 5.02 Å². The number of amides is 1. The summed E-state index contributed by atoms with van der Waals surface area (Å²) in [6.45, 7) is 3.75. The van der Waals surface area contributed by atoms with Crippen LogP contribution in [0.25, 0.3) is 0 Å². The summed E-state index contributed by atoms with van der Waals surface area (Å²) in [7, 11) is 0. The summed E-state index contributed by atoms with van der Waals surface area (Å²) >= 11 is 6.02. The predicted molar refractivity (Wildman–Crippen MR) is 86.7 cm³/mol. The lowest BCUT2D eigenvalue weighted by Crippen LogP contribution is -2.26. The van der Waals surface area contributed by atoms with Crippen molar-refractivity contribution in [2.75, 3.05) is 5.32 Å². The van der Waals surface area contributed by atoms with E-state index in [1.54, 1.807) is 13.0 Å². The molecule has 1 saturated carbocycles. The van der Waals surface area contributed by atoms with E-state index in [2.05, 4.69) is 20.6 Å². The van der Waals surface area contributed by atoms with Gasteiger partial charge in [0.25, 0.3) is 5.91 Å². The van der Waals surface area contributed by atoms with Crippen LogP contribution in [0.1, 0.15) is 34.7 Å². The molecule has 0 atom stereocenters. The van der Waals surface area contributed by atoms with Crippen molar-refractivity contribution in [3.63, 3.8) is 0 Å². The van der Waals surface area contributed by atoms with Crippen LogP contribution in [-0.2, 0) is 0 Å². The van der Waals surface area contributed by atoms with Crippen molar-refractivity contribution in [3.8, 4) is 0 Å². The quantitative estimate of drug-likeness (QED) is 0.907. The summed E-state index contributed by atoms with van der Waals surface area (Å²) in [5.74, 6) is 0.975. The zero-order valence-corrected chi connectivity index (χ0v) is 13.2. The highest BCUT2D eigenvalue weighted by Gasteiger charge is 2.24. The van der Waals surface area contributed by atoms with E-state index in [4.69, 9.17) is 11.6 Å². The van der Waals surface area contributed by atoms with Gasteiger partial charge in [-0.15, -0.1) is 0 Å². The lowest BCUT2D eigenvalue weighted by Gasteiger charge is -2.11. The van der Waals surface area contributed by atoms with Crippen molar-refractivity contribution in [1.82, 2.24) is 15.3 Å². The number of hydrogen-bond donors (Lipinski definition) is 2. The van der Waals surface area contributed by atoms with E-state index >= 15 is 0 Å². The van der Waals surface area contributed by atoms with Crippen molar-refractivity contribution in [1.29, 1.82) is 0 Å². The smallest absolute Gasteiger partial charge is 0.270 e. The topological polar surface area (TPSA) is 66.9 Å². The van der Waals surface area contributed by atoms with Crippen LogP contribution in [0.3, 0.4) is 0 Å². The van der Waals surface area contributed by atoms with E-state index in [1.165, 1.54) is 0 Å². The molecule has 114 valence electrons. The summed E-state index contributed by atoms with van der Waals surface area (Å²) in [5.41, 5.74) is 2.28. The van der Waals surface area contributed by atoms with Crippen molar-refractivity contribution < 1.29 is 4.79 Å². The van der Waals surface area contributed by atoms with Crippen LogP contribution < -0.4 is 10.6 Å². The van der Waals surface area contributed by atoms with Crippen LogP contribution in [0, 0.1) is 13.8 Å². The Morgan fingerprint density at radius 3 is 2.73 bits per heavy atom. The minimum absolute atomic E-state index is 0.154. The van der Waals surface area contributed by atoms with Crippen LogP contribution in [0.5, 0.6) is 0 Å². The van der Waals surface area contributed by atoms with E-state index in [0.717, 1.165) is 24.1 Å². The van der Waals surface area contributed by atoms with Gasteiger partial charge in [0.05, 0.1) is 0 Å². The van der Waals surface area contributed by atoms with Gasteiger partial charge in [0.1, 0.15) is 17.3 Å². The molecule has 22 heavy (non-hydrogen) atoms. The number of nitrogens with one attached hydrogen (secondary N) is 2. The summed E-state index contributed by atoms with van der Waals surface area (Å²) < 4.78 is 0. The van der Waals surface area contributed by atoms with Crippen molar-refractivity contribution >= 4 is 29.0 Å². The number of aromatic nitrogens is 2. The Morgan fingerprint density at radius 1 is 1.23 bits per heavy atom. The number of benzene rings is 1. The highest BCUT2D eigenvalue weighted by Crippen LogP contribution is 2.24. The minimum atomic E-state index is -0.154. The number of carbonyl (C=O) groups is 1. The first-order valence-electron chi connectivity index (χ1n) is 7.21. The molecule has 1 fully saturated rings. The fourth-order valence-corrected chi connectivity index (χ4v) is 2.27. The van der Waals surface area contributed by atoms with Gasteiger partial charge in [0.15, 0.2) is 0 Å². The molecule has 1 aromatic carbocycles. The number of anilines is 2. The normalized spacial score (nSPS) is 13.8. The minimum Gasteiger partial charge on any atom is -0.348 e. The average molecular weight is 317 g/mol. The fourth-order valence-electron chi connectivity index (χ4n) is 2.10. The second kappa shape index (κ2) is 5.93. The summed E-state index contributed by atoms with van der Waals surface area (Å²) in [4.78, 5) is 20.7. The molecule has 6 heteroatoms. The highest BCUT2D eigenvalue weighted by molar-refractivity contribution is 6.30. The Morgan fingerprint density at radius 2 is 2.00 bits per heavy atom. The van der Waals surface area contributed by atoms with Gasteiger partial charge in [-0.3, -0.25) is 4.79 Å². The lowest BCUT2D eigenvalue weighted by molar-refractivity contribution is 0.0945. The molecule has 0 aliphatic heterocycles. The van der Waals surface area contributed by atoms with E-state index in [0.29, 0.717) is 28.4 Å². The monoisotopic (exact) mass is 316 g/mol. The molecule has 0 spiro atoms. The zero-order chi connectivity index (χ0) is 15.7. The maximum atomic E-state index is 12.1. The third-order valence-electron chi connectivity index (χ3n) is 3.45. The summed E-state index contributed by atoms with van der Waals surface area (Å²) in [6.07, 6.45) is 2.09. The van der Waals surface area contributed by atoms with Gasteiger partial charge in [0.2, 0.25) is 0 Å². The molecule has 2 aromatic rings. The third kappa shape index (κ3) is 3.54. The second-order valence-corrected chi connectivity index (χ2v) is 5.95. The Balaban J connectivity index is 1.85. The van der Waals surface area contributed by atoms with E-state index in [1.807, 2.05) is 25.1 Å². The molecule has 1 heterocycles. The second-order valence-electron chi connectivity index (χ2n) is 5.52. The molecule has 0 saturated heterocycles. The third-order valence-corrected chi connectivity index (χ3v) is 3.68. The Hall–Kier alpha value is -2.14. The average Bonchev–Trinajstić information content (AvgIpc) is 3.26. The Bertz CT molecular complexity index is 728. The largest absolute Gasteiger partial charge is 0.348 e. The molecule has 5 nitrogen and oxygen atoms in total. The molecule has 1 aliphatic rings. The summed E-state index contributed by atoms with van der Waals surface area (Å²) in [6, 6.07) is 7.55. The summed E-state index contributed by atoms with van der Waals surface area (Å²) in [5, 5.41) is 6.78. The van der Waals surface area contributed by atoms with Crippen LogP contribution in [-0.4, -0.2) is 21.9 Å². The highest BCUT2D eigenvalue weighted by atomic mass is 35.5. The Kier molecular flexibility index (Phi) is 3.98. The first-order chi connectivity index (χ1) is 10.5. The van der Waals surface area contributed by atoms with Gasteiger partial charge in [-0.1, -0.05) is 17.7 Å². The van der Waals surface area contributed by atoms with Gasteiger partial charge >= 0.3 is 0 Å². The van der Waals surface area contributed by atoms with Crippen LogP contribution in [0.4, 0.5) is 11.5 Å². The number of halogens is 1. The zero-order valence-electron chi connectivity index (χ0n) is 12.5. The predicted octanol–water partition coefficient (Wildman–Crippen LogP) is 3.38. The van der Waals surface area contributed by atoms with Gasteiger partial charge < -0.3 is 10.6 Å². The van der Waals surface area contributed by atoms with Crippen molar-refractivity contribution in [2.45, 2.75) is 32.7 Å². The van der Waals surface area contributed by atoms with Gasteiger partial charge in [-0.05, 0) is 44.4 Å². The maximum absolute atomic E-state index is 12.1. The van der Waals surface area contributed by atoms with Gasteiger partial charge in [-0.25, -0.2) is 9.97 Å². The number of nitrogens with zero attached hydrogens (tertiary/aromatic N) is 2. The molecular formula is C16H17ClN4O. The molecule has 1 aromatic heterocycles. The molecule has 0 unspecified atom stereocenters. The molecule has 2 N–H and O–H groups in total. The van der Waals surface area contributed by atoms with Crippen LogP contribution in [0.15, 0.2) is 24.3 Å². The molecule has 1 aliphatic carbocycles. The van der Waals surface area contributed by atoms with Crippen LogP contribution >= 0.6 is 11.6 Å². The molecule has 3 rings (SSSR count). The Labute approximate surface area is 134 Å².